The molecule has 1 nitrogen and oxygen atoms in total. The quantitative estimate of drug-likeness (QED) is 0.578. The summed E-state index contributed by atoms with van der Waals surface area (Å²) in [6.07, 6.45) is 5.72. The van der Waals surface area contributed by atoms with Gasteiger partial charge in [-0.15, -0.1) is 0 Å². The van der Waals surface area contributed by atoms with E-state index >= 15 is 0 Å². The van der Waals surface area contributed by atoms with Crippen LogP contribution in [0.5, 0.6) is 0 Å². The molecular formula is C15H30O. The number of hydrogen-bond donors (Lipinski definition) is 0. The zero-order valence-corrected chi connectivity index (χ0v) is 12.1. The van der Waals surface area contributed by atoms with E-state index in [1.165, 1.54) is 19.3 Å². The Kier molecular flexibility index (Phi) is 6.94. The Hall–Kier alpha value is -0.330. The van der Waals surface area contributed by atoms with Crippen LogP contribution in [0, 0.1) is 17.3 Å². The van der Waals surface area contributed by atoms with Gasteiger partial charge in [-0.1, -0.05) is 47.5 Å². The average Bonchev–Trinajstić information content (AvgIpc) is 2.09. The van der Waals surface area contributed by atoms with Crippen LogP contribution in [0.25, 0.3) is 0 Å². The van der Waals surface area contributed by atoms with Crippen LogP contribution in [-0.2, 0) is 4.79 Å². The van der Waals surface area contributed by atoms with Gasteiger partial charge in [0, 0.05) is 5.92 Å². The van der Waals surface area contributed by atoms with E-state index in [4.69, 9.17) is 0 Å². The van der Waals surface area contributed by atoms with Crippen molar-refractivity contribution >= 4 is 5.78 Å². The molecule has 0 aromatic rings. The molecule has 1 heteroatoms. The fraction of sp³-hybridized carbons (Fsp3) is 0.933. The molecule has 1 unspecified atom stereocenters. The molecule has 0 aromatic heterocycles. The van der Waals surface area contributed by atoms with Gasteiger partial charge in [-0.05, 0) is 37.5 Å². The summed E-state index contributed by atoms with van der Waals surface area (Å²) in [7, 11) is 0. The lowest BCUT2D eigenvalue weighted by Crippen LogP contribution is -2.23. The van der Waals surface area contributed by atoms with Crippen molar-refractivity contribution in [1.82, 2.24) is 0 Å². The standard InChI is InChI=1S/C15H30O/c1-7-8-9-14(13(4)16)11-15(5,6)10-12(2)3/h12,14H,7-11H2,1-6H3. The molecule has 0 fully saturated rings. The topological polar surface area (TPSA) is 17.1 Å². The van der Waals surface area contributed by atoms with Gasteiger partial charge >= 0.3 is 0 Å². The van der Waals surface area contributed by atoms with E-state index in [-0.39, 0.29) is 5.92 Å². The summed E-state index contributed by atoms with van der Waals surface area (Å²) in [6, 6.07) is 0. The number of hydrogen-bond acceptors (Lipinski definition) is 1. The fourth-order valence-electron chi connectivity index (χ4n) is 2.76. The molecule has 0 rings (SSSR count). The first-order chi connectivity index (χ1) is 7.28. The van der Waals surface area contributed by atoms with Crippen molar-refractivity contribution in [1.29, 1.82) is 0 Å². The van der Waals surface area contributed by atoms with Crippen molar-refractivity contribution < 1.29 is 4.79 Å². The van der Waals surface area contributed by atoms with Crippen LogP contribution in [0.2, 0.25) is 0 Å². The summed E-state index contributed by atoms with van der Waals surface area (Å²) in [5.41, 5.74) is 0.304. The van der Waals surface area contributed by atoms with Crippen LogP contribution in [0.15, 0.2) is 0 Å². The zero-order chi connectivity index (χ0) is 12.8. The van der Waals surface area contributed by atoms with Crippen LogP contribution in [0.1, 0.15) is 73.6 Å². The number of Topliss-reactive ketones (excluding diaryl/α,β-unsaturated/α-hetero) is 1. The Bertz CT molecular complexity index is 203. The monoisotopic (exact) mass is 226 g/mol. The second-order valence-electron chi connectivity index (χ2n) is 6.42. The highest BCUT2D eigenvalue weighted by atomic mass is 16.1. The first-order valence-electron chi connectivity index (χ1n) is 6.79. The van der Waals surface area contributed by atoms with Gasteiger partial charge < -0.3 is 0 Å². The fourth-order valence-corrected chi connectivity index (χ4v) is 2.76. The summed E-state index contributed by atoms with van der Waals surface area (Å²) < 4.78 is 0. The lowest BCUT2D eigenvalue weighted by Gasteiger charge is -2.30. The molecule has 0 radical (unpaired) electrons. The van der Waals surface area contributed by atoms with Crippen LogP contribution in [0.3, 0.4) is 0 Å². The Morgan fingerprint density at radius 3 is 2.12 bits per heavy atom. The summed E-state index contributed by atoms with van der Waals surface area (Å²) in [5.74, 6) is 1.38. The molecule has 96 valence electrons. The van der Waals surface area contributed by atoms with Crippen LogP contribution in [-0.4, -0.2) is 5.78 Å². The van der Waals surface area contributed by atoms with Crippen molar-refractivity contribution in [3.63, 3.8) is 0 Å². The van der Waals surface area contributed by atoms with E-state index in [2.05, 4.69) is 34.6 Å². The summed E-state index contributed by atoms with van der Waals surface area (Å²) >= 11 is 0. The number of rotatable bonds is 8. The van der Waals surface area contributed by atoms with Crippen molar-refractivity contribution in [3.05, 3.63) is 0 Å². The third-order valence-electron chi connectivity index (χ3n) is 3.24. The number of carbonyl (C=O) groups is 1. The summed E-state index contributed by atoms with van der Waals surface area (Å²) in [6.45, 7) is 13.1. The van der Waals surface area contributed by atoms with Crippen LogP contribution >= 0.6 is 0 Å². The molecule has 0 aliphatic rings. The maximum atomic E-state index is 11.6. The highest BCUT2D eigenvalue weighted by molar-refractivity contribution is 5.78. The summed E-state index contributed by atoms with van der Waals surface area (Å²) in [5, 5.41) is 0. The van der Waals surface area contributed by atoms with Gasteiger partial charge in [-0.3, -0.25) is 4.79 Å². The second-order valence-corrected chi connectivity index (χ2v) is 6.42. The minimum atomic E-state index is 0.286. The molecule has 0 spiro atoms. The van der Waals surface area contributed by atoms with Crippen LogP contribution < -0.4 is 0 Å². The number of carbonyl (C=O) groups excluding carboxylic acids is 1. The van der Waals surface area contributed by atoms with E-state index in [0.29, 0.717) is 17.1 Å². The lowest BCUT2D eigenvalue weighted by molar-refractivity contribution is -0.122. The Balaban J connectivity index is 4.31. The normalized spacial score (nSPS) is 14.2. The van der Waals surface area contributed by atoms with E-state index in [0.717, 1.165) is 12.8 Å². The molecule has 0 bridgehead atoms. The minimum absolute atomic E-state index is 0.286. The average molecular weight is 226 g/mol. The van der Waals surface area contributed by atoms with E-state index in [1.54, 1.807) is 6.92 Å². The SMILES string of the molecule is CCCCC(CC(C)(C)CC(C)C)C(C)=O. The number of ketones is 1. The molecule has 1 atom stereocenters. The van der Waals surface area contributed by atoms with Crippen molar-refractivity contribution in [2.24, 2.45) is 17.3 Å². The highest BCUT2D eigenvalue weighted by Crippen LogP contribution is 2.34. The zero-order valence-electron chi connectivity index (χ0n) is 12.1. The van der Waals surface area contributed by atoms with E-state index in [9.17, 15) is 4.79 Å². The Morgan fingerprint density at radius 2 is 1.75 bits per heavy atom. The first-order valence-corrected chi connectivity index (χ1v) is 6.79. The summed E-state index contributed by atoms with van der Waals surface area (Å²) in [4.78, 5) is 11.6. The Morgan fingerprint density at radius 1 is 1.19 bits per heavy atom. The molecule has 0 aromatic carbocycles. The van der Waals surface area contributed by atoms with Gasteiger partial charge in [0.2, 0.25) is 0 Å². The maximum absolute atomic E-state index is 11.6. The van der Waals surface area contributed by atoms with Crippen molar-refractivity contribution in [3.8, 4) is 0 Å². The molecule has 16 heavy (non-hydrogen) atoms. The smallest absolute Gasteiger partial charge is 0.132 e. The van der Waals surface area contributed by atoms with Crippen molar-refractivity contribution in [2.75, 3.05) is 0 Å². The predicted molar refractivity (Wildman–Crippen MR) is 71.5 cm³/mol. The minimum Gasteiger partial charge on any atom is -0.300 e. The van der Waals surface area contributed by atoms with E-state index in [1.807, 2.05) is 0 Å². The molecule has 0 aliphatic carbocycles. The van der Waals surface area contributed by atoms with Crippen LogP contribution in [0.4, 0.5) is 0 Å². The molecule has 0 amide bonds. The second kappa shape index (κ2) is 7.09. The lowest BCUT2D eigenvalue weighted by atomic mass is 9.75. The van der Waals surface area contributed by atoms with Gasteiger partial charge in [0.25, 0.3) is 0 Å². The molecular weight excluding hydrogens is 196 g/mol. The largest absolute Gasteiger partial charge is 0.300 e. The first kappa shape index (κ1) is 15.7. The number of unbranched alkanes of at least 4 members (excludes halogenated alkanes) is 1. The molecule has 0 N–H and O–H groups in total. The Labute approximate surface area is 102 Å². The molecule has 0 saturated heterocycles. The third-order valence-corrected chi connectivity index (χ3v) is 3.24. The molecule has 0 heterocycles. The van der Waals surface area contributed by atoms with Gasteiger partial charge in [-0.25, -0.2) is 0 Å². The van der Waals surface area contributed by atoms with Gasteiger partial charge in [0.1, 0.15) is 5.78 Å². The van der Waals surface area contributed by atoms with Gasteiger partial charge in [0.15, 0.2) is 0 Å². The highest BCUT2D eigenvalue weighted by Gasteiger charge is 2.26. The predicted octanol–water partition coefficient (Wildman–Crippen LogP) is 4.84. The van der Waals surface area contributed by atoms with Gasteiger partial charge in [-0.2, -0.15) is 0 Å². The third kappa shape index (κ3) is 7.03. The molecule has 0 saturated carbocycles. The molecule has 0 aliphatic heterocycles. The van der Waals surface area contributed by atoms with Gasteiger partial charge in [0.05, 0.1) is 0 Å². The van der Waals surface area contributed by atoms with E-state index < -0.39 is 0 Å². The van der Waals surface area contributed by atoms with Crippen molar-refractivity contribution in [2.45, 2.75) is 73.6 Å². The maximum Gasteiger partial charge on any atom is 0.132 e.